The Morgan fingerprint density at radius 2 is 1.63 bits per heavy atom. The third-order valence-electron chi connectivity index (χ3n) is 2.95. The minimum atomic E-state index is 0.552. The molecule has 0 saturated carbocycles. The van der Waals surface area contributed by atoms with E-state index in [1.807, 2.05) is 19.1 Å². The molecule has 0 amide bonds. The SMILES string of the molecule is C=C(/C(C)=C\C=C/C)C(C)C.CCCN(C)CCC. The molecule has 0 radical (unpaired) electrons. The Morgan fingerprint density at radius 3 is 1.95 bits per heavy atom. The molecule has 0 aliphatic carbocycles. The molecule has 0 aromatic rings. The molecule has 0 aromatic carbocycles. The Balaban J connectivity index is 0. The van der Waals surface area contributed by atoms with Crippen molar-refractivity contribution in [3.8, 4) is 0 Å². The van der Waals surface area contributed by atoms with Gasteiger partial charge < -0.3 is 4.90 Å². The van der Waals surface area contributed by atoms with E-state index in [2.05, 4.69) is 59.2 Å². The molecule has 0 heterocycles. The summed E-state index contributed by atoms with van der Waals surface area (Å²) < 4.78 is 0. The van der Waals surface area contributed by atoms with E-state index >= 15 is 0 Å². The molecule has 0 atom stereocenters. The van der Waals surface area contributed by atoms with E-state index < -0.39 is 0 Å². The van der Waals surface area contributed by atoms with Crippen molar-refractivity contribution in [3.63, 3.8) is 0 Å². The lowest BCUT2D eigenvalue weighted by Gasteiger charge is -2.12. The molecular weight excluding hydrogens is 230 g/mol. The van der Waals surface area contributed by atoms with Crippen molar-refractivity contribution in [2.75, 3.05) is 20.1 Å². The van der Waals surface area contributed by atoms with Gasteiger partial charge in [-0.05, 0) is 63.9 Å². The van der Waals surface area contributed by atoms with E-state index in [0.29, 0.717) is 5.92 Å². The van der Waals surface area contributed by atoms with Crippen LogP contribution in [0.5, 0.6) is 0 Å². The Hall–Kier alpha value is -0.820. The van der Waals surface area contributed by atoms with Gasteiger partial charge in [-0.15, -0.1) is 0 Å². The van der Waals surface area contributed by atoms with Gasteiger partial charge in [0.2, 0.25) is 0 Å². The maximum absolute atomic E-state index is 4.00. The lowest BCUT2D eigenvalue weighted by atomic mass is 9.98. The Morgan fingerprint density at radius 1 is 1.16 bits per heavy atom. The quantitative estimate of drug-likeness (QED) is 0.553. The monoisotopic (exact) mass is 265 g/mol. The molecule has 112 valence electrons. The normalized spacial score (nSPS) is 11.9. The summed E-state index contributed by atoms with van der Waals surface area (Å²) >= 11 is 0. The van der Waals surface area contributed by atoms with Gasteiger partial charge in [0, 0.05) is 0 Å². The molecule has 0 aliphatic heterocycles. The second-order valence-corrected chi connectivity index (χ2v) is 5.36. The zero-order valence-corrected chi connectivity index (χ0v) is 14.3. The van der Waals surface area contributed by atoms with Crippen molar-refractivity contribution < 1.29 is 0 Å². The van der Waals surface area contributed by atoms with Crippen LogP contribution in [-0.2, 0) is 0 Å². The zero-order chi connectivity index (χ0) is 15.3. The lowest BCUT2D eigenvalue weighted by Crippen LogP contribution is -2.19. The first-order chi connectivity index (χ1) is 8.90. The molecule has 0 aromatic heterocycles. The van der Waals surface area contributed by atoms with Crippen LogP contribution in [0.25, 0.3) is 0 Å². The molecule has 0 spiro atoms. The summed E-state index contributed by atoms with van der Waals surface area (Å²) in [5.74, 6) is 0.552. The van der Waals surface area contributed by atoms with Gasteiger partial charge in [0.25, 0.3) is 0 Å². The predicted molar refractivity (Wildman–Crippen MR) is 90.6 cm³/mol. The minimum absolute atomic E-state index is 0.552. The first kappa shape index (κ1) is 20.5. The van der Waals surface area contributed by atoms with Crippen LogP contribution in [0.1, 0.15) is 54.4 Å². The minimum Gasteiger partial charge on any atom is -0.306 e. The van der Waals surface area contributed by atoms with E-state index in [9.17, 15) is 0 Å². The van der Waals surface area contributed by atoms with Gasteiger partial charge in [0.15, 0.2) is 0 Å². The number of hydrogen-bond donors (Lipinski definition) is 0. The highest BCUT2D eigenvalue weighted by molar-refractivity contribution is 5.30. The molecule has 0 unspecified atom stereocenters. The summed E-state index contributed by atoms with van der Waals surface area (Å²) in [5, 5.41) is 0. The molecule has 0 rings (SSSR count). The fourth-order valence-electron chi connectivity index (χ4n) is 1.68. The zero-order valence-electron chi connectivity index (χ0n) is 14.3. The maximum Gasteiger partial charge on any atom is -0.00244 e. The Labute approximate surface area is 122 Å². The van der Waals surface area contributed by atoms with Gasteiger partial charge in [-0.2, -0.15) is 0 Å². The van der Waals surface area contributed by atoms with Crippen LogP contribution < -0.4 is 0 Å². The van der Waals surface area contributed by atoms with Crippen molar-refractivity contribution in [2.45, 2.75) is 54.4 Å². The molecule has 0 bridgehead atoms. The first-order valence-electron chi connectivity index (χ1n) is 7.57. The highest BCUT2D eigenvalue weighted by Gasteiger charge is 1.99. The van der Waals surface area contributed by atoms with Crippen molar-refractivity contribution in [3.05, 3.63) is 36.0 Å². The van der Waals surface area contributed by atoms with Crippen molar-refractivity contribution in [1.82, 2.24) is 4.90 Å². The van der Waals surface area contributed by atoms with Crippen molar-refractivity contribution in [2.24, 2.45) is 5.92 Å². The number of allylic oxidation sites excluding steroid dienone is 5. The Bertz CT molecular complexity index is 265. The van der Waals surface area contributed by atoms with Gasteiger partial charge >= 0.3 is 0 Å². The first-order valence-corrected chi connectivity index (χ1v) is 7.57. The van der Waals surface area contributed by atoms with Gasteiger partial charge in [-0.1, -0.05) is 52.5 Å². The average molecular weight is 265 g/mol. The number of rotatable bonds is 7. The lowest BCUT2D eigenvalue weighted by molar-refractivity contribution is 0.335. The molecule has 1 nitrogen and oxygen atoms in total. The molecule has 0 fully saturated rings. The number of hydrogen-bond acceptors (Lipinski definition) is 1. The van der Waals surface area contributed by atoms with Gasteiger partial charge in [-0.25, -0.2) is 0 Å². The van der Waals surface area contributed by atoms with Crippen LogP contribution in [0.4, 0.5) is 0 Å². The van der Waals surface area contributed by atoms with E-state index in [-0.39, 0.29) is 0 Å². The standard InChI is InChI=1S/C11H18.C7H17N/c1-6-7-8-10(4)11(5)9(2)3;1-4-6-8(3)7-5-2/h6-9H,5H2,1-4H3;4-7H2,1-3H3/b7-6-,10-8-;. The molecule has 1 heteroatoms. The van der Waals surface area contributed by atoms with Gasteiger partial charge in [0.05, 0.1) is 0 Å². The maximum atomic E-state index is 4.00. The van der Waals surface area contributed by atoms with Crippen LogP contribution in [0.2, 0.25) is 0 Å². The fraction of sp³-hybridized carbons (Fsp3) is 0.667. The summed E-state index contributed by atoms with van der Waals surface area (Å²) in [6.07, 6.45) is 8.72. The second kappa shape index (κ2) is 13.6. The highest BCUT2D eigenvalue weighted by atomic mass is 15.1. The summed E-state index contributed by atoms with van der Waals surface area (Å²) in [6, 6.07) is 0. The van der Waals surface area contributed by atoms with E-state index in [1.165, 1.54) is 37.1 Å². The molecule has 0 aliphatic rings. The molecule has 19 heavy (non-hydrogen) atoms. The van der Waals surface area contributed by atoms with Crippen molar-refractivity contribution in [1.29, 1.82) is 0 Å². The predicted octanol–water partition coefficient (Wildman–Crippen LogP) is 5.46. The largest absolute Gasteiger partial charge is 0.306 e. The molecular formula is C18H35N. The summed E-state index contributed by atoms with van der Waals surface area (Å²) in [7, 11) is 2.17. The summed E-state index contributed by atoms with van der Waals surface area (Å²) in [6.45, 7) is 19.4. The van der Waals surface area contributed by atoms with Crippen LogP contribution >= 0.6 is 0 Å². The Kier molecular flexibility index (Phi) is 14.7. The van der Waals surface area contributed by atoms with Crippen LogP contribution in [-0.4, -0.2) is 25.0 Å². The summed E-state index contributed by atoms with van der Waals surface area (Å²) in [5.41, 5.74) is 2.50. The van der Waals surface area contributed by atoms with E-state index in [4.69, 9.17) is 0 Å². The molecule has 0 N–H and O–H groups in total. The highest BCUT2D eigenvalue weighted by Crippen LogP contribution is 2.16. The van der Waals surface area contributed by atoms with Crippen LogP contribution in [0.15, 0.2) is 36.0 Å². The average Bonchev–Trinajstić information content (AvgIpc) is 2.36. The van der Waals surface area contributed by atoms with Crippen molar-refractivity contribution >= 4 is 0 Å². The fourth-order valence-corrected chi connectivity index (χ4v) is 1.68. The topological polar surface area (TPSA) is 3.24 Å². The smallest absolute Gasteiger partial charge is 0.00244 e. The third-order valence-corrected chi connectivity index (χ3v) is 2.95. The van der Waals surface area contributed by atoms with Gasteiger partial charge in [0.1, 0.15) is 0 Å². The molecule has 0 saturated heterocycles. The van der Waals surface area contributed by atoms with Crippen LogP contribution in [0, 0.1) is 5.92 Å². The van der Waals surface area contributed by atoms with Gasteiger partial charge in [-0.3, -0.25) is 0 Å². The van der Waals surface area contributed by atoms with E-state index in [0.717, 1.165) is 0 Å². The summed E-state index contributed by atoms with van der Waals surface area (Å²) in [4.78, 5) is 2.36. The van der Waals surface area contributed by atoms with E-state index in [1.54, 1.807) is 0 Å². The van der Waals surface area contributed by atoms with Crippen LogP contribution in [0.3, 0.4) is 0 Å². The second-order valence-electron chi connectivity index (χ2n) is 5.36. The third kappa shape index (κ3) is 13.4. The number of nitrogens with zero attached hydrogens (tertiary/aromatic N) is 1.